The second-order valence-electron chi connectivity index (χ2n) is 9.22. The summed E-state index contributed by atoms with van der Waals surface area (Å²) in [6.07, 6.45) is 0.996. The van der Waals surface area contributed by atoms with Crippen LogP contribution in [0.1, 0.15) is 37.7 Å². The first-order chi connectivity index (χ1) is 16.6. The molecule has 0 aliphatic carbocycles. The van der Waals surface area contributed by atoms with Gasteiger partial charge >= 0.3 is 0 Å². The molecule has 5 rings (SSSR count). The Labute approximate surface area is 200 Å². The molecule has 2 aliphatic rings. The average molecular weight is 465 g/mol. The van der Waals surface area contributed by atoms with Crippen LogP contribution in [0.5, 0.6) is 17.2 Å². The van der Waals surface area contributed by atoms with Crippen LogP contribution in [0.15, 0.2) is 42.5 Å². The van der Waals surface area contributed by atoms with Gasteiger partial charge in [0.25, 0.3) is 0 Å². The number of methoxy groups -OCH3 is 1. The Morgan fingerprint density at radius 2 is 1.79 bits per heavy atom. The van der Waals surface area contributed by atoms with Gasteiger partial charge in [0.2, 0.25) is 6.79 Å². The third-order valence-corrected chi connectivity index (χ3v) is 6.50. The minimum absolute atomic E-state index is 0.156. The Morgan fingerprint density at radius 1 is 1.00 bits per heavy atom. The van der Waals surface area contributed by atoms with Crippen LogP contribution >= 0.6 is 0 Å². The maximum atomic E-state index is 5.58. The lowest BCUT2D eigenvalue weighted by molar-refractivity contribution is 0.153. The van der Waals surface area contributed by atoms with Gasteiger partial charge in [-0.05, 0) is 52.6 Å². The molecule has 1 atom stereocenters. The number of benzene rings is 2. The number of tetrazole rings is 1. The van der Waals surface area contributed by atoms with Crippen molar-refractivity contribution in [1.29, 1.82) is 0 Å². The van der Waals surface area contributed by atoms with Crippen molar-refractivity contribution in [1.82, 2.24) is 25.1 Å². The van der Waals surface area contributed by atoms with Gasteiger partial charge in [0.05, 0.1) is 25.4 Å². The molecular weight excluding hydrogens is 432 g/mol. The van der Waals surface area contributed by atoms with E-state index in [1.807, 2.05) is 35.0 Å². The molecule has 34 heavy (non-hydrogen) atoms. The first-order valence-electron chi connectivity index (χ1n) is 11.9. The van der Waals surface area contributed by atoms with E-state index in [0.717, 1.165) is 66.9 Å². The van der Waals surface area contributed by atoms with Crippen LogP contribution in [0.2, 0.25) is 0 Å². The van der Waals surface area contributed by atoms with Crippen molar-refractivity contribution in [3.05, 3.63) is 53.9 Å². The van der Waals surface area contributed by atoms with Gasteiger partial charge in [0.15, 0.2) is 17.3 Å². The molecule has 2 aliphatic heterocycles. The molecule has 180 valence electrons. The topological polar surface area (TPSA) is 77.8 Å². The fraction of sp³-hybridized carbons (Fsp3) is 0.480. The summed E-state index contributed by atoms with van der Waals surface area (Å²) in [5.41, 5.74) is 2.24. The summed E-state index contributed by atoms with van der Waals surface area (Å²) in [7, 11) is 1.73. The maximum absolute atomic E-state index is 5.58. The zero-order valence-corrected chi connectivity index (χ0v) is 20.1. The van der Waals surface area contributed by atoms with E-state index >= 15 is 0 Å². The van der Waals surface area contributed by atoms with Crippen molar-refractivity contribution >= 4 is 5.69 Å². The van der Waals surface area contributed by atoms with E-state index < -0.39 is 0 Å². The van der Waals surface area contributed by atoms with E-state index in [4.69, 9.17) is 14.2 Å². The monoisotopic (exact) mass is 464 g/mol. The summed E-state index contributed by atoms with van der Waals surface area (Å²) in [5.74, 6) is 3.91. The number of hydrogen-bond acceptors (Lipinski definition) is 8. The lowest BCUT2D eigenvalue weighted by Crippen LogP contribution is -2.48. The second-order valence-corrected chi connectivity index (χ2v) is 9.22. The summed E-state index contributed by atoms with van der Waals surface area (Å²) in [4.78, 5) is 4.92. The van der Waals surface area contributed by atoms with Gasteiger partial charge in [0, 0.05) is 26.2 Å². The quantitative estimate of drug-likeness (QED) is 0.502. The highest BCUT2D eigenvalue weighted by Gasteiger charge is 2.30. The lowest BCUT2D eigenvalue weighted by atomic mass is 10.0. The molecule has 1 saturated heterocycles. The number of para-hydroxylation sites is 2. The number of piperazine rings is 1. The van der Waals surface area contributed by atoms with Gasteiger partial charge in [-0.1, -0.05) is 32.0 Å². The SMILES string of the molecule is COc1ccccc1N1CCN(C(CC(C)C)c2nnnn2Cc2ccc3c(c2)OCO3)CC1. The van der Waals surface area contributed by atoms with Crippen molar-refractivity contribution in [3.8, 4) is 17.2 Å². The van der Waals surface area contributed by atoms with Crippen LogP contribution in [0, 0.1) is 5.92 Å². The predicted molar refractivity (Wildman–Crippen MR) is 128 cm³/mol. The van der Waals surface area contributed by atoms with E-state index in [2.05, 4.69) is 51.3 Å². The Balaban J connectivity index is 1.33. The molecule has 0 amide bonds. The Morgan fingerprint density at radius 3 is 2.59 bits per heavy atom. The zero-order valence-electron chi connectivity index (χ0n) is 20.1. The summed E-state index contributed by atoms with van der Waals surface area (Å²) in [6, 6.07) is 14.4. The number of ether oxygens (including phenoxy) is 3. The highest BCUT2D eigenvalue weighted by molar-refractivity contribution is 5.58. The van der Waals surface area contributed by atoms with Crippen molar-refractivity contribution in [2.24, 2.45) is 5.92 Å². The Kier molecular flexibility index (Phi) is 6.53. The van der Waals surface area contributed by atoms with Gasteiger partial charge in [-0.2, -0.15) is 0 Å². The van der Waals surface area contributed by atoms with Gasteiger partial charge < -0.3 is 19.1 Å². The molecule has 0 bridgehead atoms. The summed E-state index contributed by atoms with van der Waals surface area (Å²) in [6.45, 7) is 9.10. The van der Waals surface area contributed by atoms with Gasteiger partial charge in [0.1, 0.15) is 5.75 Å². The predicted octanol–water partition coefficient (Wildman–Crippen LogP) is 3.37. The minimum Gasteiger partial charge on any atom is -0.495 e. The van der Waals surface area contributed by atoms with Crippen molar-refractivity contribution in [2.45, 2.75) is 32.9 Å². The molecule has 0 spiro atoms. The first kappa shape index (κ1) is 22.5. The van der Waals surface area contributed by atoms with Gasteiger partial charge in [-0.3, -0.25) is 4.90 Å². The first-order valence-corrected chi connectivity index (χ1v) is 11.9. The van der Waals surface area contributed by atoms with E-state index in [0.29, 0.717) is 12.5 Å². The van der Waals surface area contributed by atoms with Gasteiger partial charge in [-0.25, -0.2) is 4.68 Å². The molecule has 1 unspecified atom stereocenters. The van der Waals surface area contributed by atoms with E-state index in [1.54, 1.807) is 7.11 Å². The largest absolute Gasteiger partial charge is 0.495 e. The van der Waals surface area contributed by atoms with Crippen molar-refractivity contribution < 1.29 is 14.2 Å². The molecule has 1 aromatic heterocycles. The second kappa shape index (κ2) is 9.89. The standard InChI is InChI=1S/C25H32N6O3/c1-18(2)14-21(30-12-10-29(11-13-30)20-6-4-5-7-22(20)32-3)25-26-27-28-31(25)16-19-8-9-23-24(15-19)34-17-33-23/h4-9,15,18,21H,10-14,16-17H2,1-3H3. The molecule has 0 saturated carbocycles. The fourth-order valence-electron chi connectivity index (χ4n) is 4.80. The third-order valence-electron chi connectivity index (χ3n) is 6.50. The number of anilines is 1. The third kappa shape index (κ3) is 4.65. The van der Waals surface area contributed by atoms with Crippen LogP contribution in [-0.2, 0) is 6.54 Å². The molecular formula is C25H32N6O3. The average Bonchev–Trinajstić information content (AvgIpc) is 3.52. The minimum atomic E-state index is 0.156. The Bertz CT molecular complexity index is 1110. The Hall–Kier alpha value is -3.33. The molecule has 3 heterocycles. The zero-order chi connectivity index (χ0) is 23.5. The normalized spacial score (nSPS) is 16.8. The number of nitrogens with zero attached hydrogens (tertiary/aromatic N) is 6. The van der Waals surface area contributed by atoms with Crippen LogP contribution in [0.3, 0.4) is 0 Å². The number of fused-ring (bicyclic) bond motifs is 1. The summed E-state index contributed by atoms with van der Waals surface area (Å²) < 4.78 is 18.5. The molecule has 2 aromatic carbocycles. The molecule has 0 N–H and O–H groups in total. The maximum Gasteiger partial charge on any atom is 0.231 e. The highest BCUT2D eigenvalue weighted by atomic mass is 16.7. The van der Waals surface area contributed by atoms with Crippen LogP contribution in [0.4, 0.5) is 5.69 Å². The molecule has 3 aromatic rings. The molecule has 1 fully saturated rings. The summed E-state index contributed by atoms with van der Waals surface area (Å²) in [5, 5.41) is 12.9. The van der Waals surface area contributed by atoms with Crippen molar-refractivity contribution in [3.63, 3.8) is 0 Å². The van der Waals surface area contributed by atoms with E-state index in [9.17, 15) is 0 Å². The van der Waals surface area contributed by atoms with E-state index in [1.165, 1.54) is 0 Å². The van der Waals surface area contributed by atoms with Gasteiger partial charge in [-0.15, -0.1) is 5.10 Å². The molecule has 0 radical (unpaired) electrons. The summed E-state index contributed by atoms with van der Waals surface area (Å²) >= 11 is 0. The molecule has 9 nitrogen and oxygen atoms in total. The highest BCUT2D eigenvalue weighted by Crippen LogP contribution is 2.34. The van der Waals surface area contributed by atoms with Crippen LogP contribution < -0.4 is 19.1 Å². The number of hydrogen-bond donors (Lipinski definition) is 0. The number of aromatic nitrogens is 4. The fourth-order valence-corrected chi connectivity index (χ4v) is 4.80. The van der Waals surface area contributed by atoms with Crippen LogP contribution in [0.25, 0.3) is 0 Å². The van der Waals surface area contributed by atoms with E-state index in [-0.39, 0.29) is 12.8 Å². The number of rotatable bonds is 8. The van der Waals surface area contributed by atoms with Crippen LogP contribution in [-0.4, -0.2) is 65.2 Å². The van der Waals surface area contributed by atoms with Crippen molar-refractivity contribution in [2.75, 3.05) is 45.0 Å². The smallest absolute Gasteiger partial charge is 0.231 e. The molecule has 9 heteroatoms. The lowest BCUT2D eigenvalue weighted by Gasteiger charge is -2.40.